The van der Waals surface area contributed by atoms with Crippen molar-refractivity contribution in [3.63, 3.8) is 0 Å². The molecule has 0 spiro atoms. The molecule has 1 aliphatic rings. The molecular weight excluding hydrogens is 236 g/mol. The van der Waals surface area contributed by atoms with Gasteiger partial charge in [0.15, 0.2) is 0 Å². The molecule has 1 aromatic rings. The molecule has 0 radical (unpaired) electrons. The van der Waals surface area contributed by atoms with E-state index in [2.05, 4.69) is 37.1 Å². The van der Waals surface area contributed by atoms with Crippen LogP contribution < -0.4 is 5.32 Å². The molecule has 104 valence electrons. The summed E-state index contributed by atoms with van der Waals surface area (Å²) in [7, 11) is 0. The fraction of sp³-hybridized carbons (Fsp3) is 0.562. The third-order valence-corrected chi connectivity index (χ3v) is 3.58. The zero-order valence-electron chi connectivity index (χ0n) is 12.2. The van der Waals surface area contributed by atoms with Crippen LogP contribution in [0.25, 0.3) is 0 Å². The predicted molar refractivity (Wildman–Crippen MR) is 79.4 cm³/mol. The third kappa shape index (κ3) is 3.80. The van der Waals surface area contributed by atoms with Crippen molar-refractivity contribution in [3.8, 4) is 0 Å². The third-order valence-electron chi connectivity index (χ3n) is 3.58. The minimum atomic E-state index is 0.0392. The maximum Gasteiger partial charge on any atom is 0.238 e. The van der Waals surface area contributed by atoms with E-state index in [-0.39, 0.29) is 11.3 Å². The van der Waals surface area contributed by atoms with Gasteiger partial charge in [-0.25, -0.2) is 0 Å². The van der Waals surface area contributed by atoms with Gasteiger partial charge in [-0.05, 0) is 43.0 Å². The normalized spacial score (nSPS) is 16.6. The van der Waals surface area contributed by atoms with Crippen LogP contribution in [-0.4, -0.2) is 30.4 Å². The van der Waals surface area contributed by atoms with E-state index in [0.29, 0.717) is 6.54 Å². The van der Waals surface area contributed by atoms with Gasteiger partial charge >= 0.3 is 0 Å². The Morgan fingerprint density at radius 3 is 2.47 bits per heavy atom. The van der Waals surface area contributed by atoms with Crippen molar-refractivity contribution in [1.29, 1.82) is 0 Å². The van der Waals surface area contributed by atoms with Crippen LogP contribution in [0.15, 0.2) is 24.3 Å². The Kier molecular flexibility index (Phi) is 4.25. The van der Waals surface area contributed by atoms with Crippen molar-refractivity contribution in [1.82, 2.24) is 4.90 Å². The monoisotopic (exact) mass is 260 g/mol. The van der Waals surface area contributed by atoms with Gasteiger partial charge in [0.1, 0.15) is 0 Å². The van der Waals surface area contributed by atoms with Gasteiger partial charge in [-0.2, -0.15) is 0 Å². The molecule has 0 saturated carbocycles. The number of benzene rings is 1. The molecule has 0 unspecified atom stereocenters. The van der Waals surface area contributed by atoms with E-state index in [0.717, 1.165) is 18.8 Å². The Morgan fingerprint density at radius 1 is 1.21 bits per heavy atom. The topological polar surface area (TPSA) is 32.3 Å². The number of para-hydroxylation sites is 1. The molecule has 0 aromatic heterocycles. The van der Waals surface area contributed by atoms with E-state index in [4.69, 9.17) is 0 Å². The molecule has 0 aliphatic carbocycles. The van der Waals surface area contributed by atoms with Gasteiger partial charge in [0, 0.05) is 5.69 Å². The fourth-order valence-corrected chi connectivity index (χ4v) is 2.58. The van der Waals surface area contributed by atoms with Crippen LogP contribution in [0.1, 0.15) is 39.2 Å². The van der Waals surface area contributed by atoms with Gasteiger partial charge in [-0.1, -0.05) is 39.0 Å². The summed E-state index contributed by atoms with van der Waals surface area (Å²) >= 11 is 0. The van der Waals surface area contributed by atoms with Gasteiger partial charge < -0.3 is 5.32 Å². The first kappa shape index (κ1) is 14.1. The average Bonchev–Trinajstić information content (AvgIpc) is 2.81. The molecule has 0 atom stereocenters. The summed E-state index contributed by atoms with van der Waals surface area (Å²) in [4.78, 5) is 14.3. The van der Waals surface area contributed by atoms with E-state index < -0.39 is 0 Å². The summed E-state index contributed by atoms with van der Waals surface area (Å²) in [5, 5.41) is 3.06. The molecule has 3 nitrogen and oxygen atoms in total. The van der Waals surface area contributed by atoms with E-state index in [1.165, 1.54) is 18.4 Å². The van der Waals surface area contributed by atoms with E-state index >= 15 is 0 Å². The molecule has 2 rings (SSSR count). The van der Waals surface area contributed by atoms with Crippen molar-refractivity contribution in [2.24, 2.45) is 0 Å². The van der Waals surface area contributed by atoms with Crippen molar-refractivity contribution >= 4 is 11.6 Å². The van der Waals surface area contributed by atoms with Crippen molar-refractivity contribution in [2.75, 3.05) is 25.0 Å². The molecule has 3 heteroatoms. The zero-order chi connectivity index (χ0) is 13.9. The highest BCUT2D eigenvalue weighted by Gasteiger charge is 2.20. The van der Waals surface area contributed by atoms with Crippen LogP contribution in [0, 0.1) is 0 Å². The molecule has 1 aromatic carbocycles. The summed E-state index contributed by atoms with van der Waals surface area (Å²) in [5.41, 5.74) is 2.17. The number of nitrogens with zero attached hydrogens (tertiary/aromatic N) is 1. The average molecular weight is 260 g/mol. The summed E-state index contributed by atoms with van der Waals surface area (Å²) in [6, 6.07) is 8.07. The largest absolute Gasteiger partial charge is 0.325 e. The molecule has 1 fully saturated rings. The molecule has 19 heavy (non-hydrogen) atoms. The van der Waals surface area contributed by atoms with Gasteiger partial charge in [0.25, 0.3) is 0 Å². The van der Waals surface area contributed by atoms with Gasteiger partial charge in [0.05, 0.1) is 6.54 Å². The Labute approximate surface area is 116 Å². The summed E-state index contributed by atoms with van der Waals surface area (Å²) < 4.78 is 0. The maximum atomic E-state index is 12.1. The zero-order valence-corrected chi connectivity index (χ0v) is 12.2. The van der Waals surface area contributed by atoms with Gasteiger partial charge in [-0.15, -0.1) is 0 Å². The second-order valence-electron chi connectivity index (χ2n) is 6.33. The van der Waals surface area contributed by atoms with Crippen LogP contribution in [0.4, 0.5) is 5.69 Å². The molecule has 1 N–H and O–H groups in total. The lowest BCUT2D eigenvalue weighted by Gasteiger charge is -2.23. The smallest absolute Gasteiger partial charge is 0.238 e. The Hall–Kier alpha value is -1.35. The predicted octanol–water partition coefficient (Wildman–Crippen LogP) is 3.02. The van der Waals surface area contributed by atoms with Gasteiger partial charge in [-0.3, -0.25) is 9.69 Å². The lowest BCUT2D eigenvalue weighted by atomic mass is 9.86. The van der Waals surface area contributed by atoms with E-state index in [9.17, 15) is 4.79 Å². The second-order valence-corrected chi connectivity index (χ2v) is 6.33. The molecule has 1 amide bonds. The van der Waals surface area contributed by atoms with Crippen LogP contribution in [-0.2, 0) is 10.2 Å². The van der Waals surface area contributed by atoms with E-state index in [1.54, 1.807) is 0 Å². The number of amides is 1. The lowest BCUT2D eigenvalue weighted by molar-refractivity contribution is -0.117. The Morgan fingerprint density at radius 2 is 1.84 bits per heavy atom. The van der Waals surface area contributed by atoms with Crippen LogP contribution in [0.2, 0.25) is 0 Å². The van der Waals surface area contributed by atoms with E-state index in [1.807, 2.05) is 18.2 Å². The first-order chi connectivity index (χ1) is 8.97. The SMILES string of the molecule is CC(C)(C)c1ccccc1NC(=O)CN1CCCC1. The standard InChI is InChI=1S/C16H24N2O/c1-16(2,3)13-8-4-5-9-14(13)17-15(19)12-18-10-6-7-11-18/h4-5,8-9H,6-7,10-12H2,1-3H3,(H,17,19). The molecular formula is C16H24N2O. The molecule has 0 bridgehead atoms. The fourth-order valence-electron chi connectivity index (χ4n) is 2.58. The van der Waals surface area contributed by atoms with Crippen molar-refractivity contribution in [3.05, 3.63) is 29.8 Å². The van der Waals surface area contributed by atoms with Crippen molar-refractivity contribution < 1.29 is 4.79 Å². The van der Waals surface area contributed by atoms with Crippen molar-refractivity contribution in [2.45, 2.75) is 39.0 Å². The highest BCUT2D eigenvalue weighted by atomic mass is 16.2. The lowest BCUT2D eigenvalue weighted by Crippen LogP contribution is -2.31. The Balaban J connectivity index is 2.04. The Bertz CT molecular complexity index is 442. The number of nitrogens with one attached hydrogen (secondary N) is 1. The molecule has 1 saturated heterocycles. The summed E-state index contributed by atoms with van der Waals surface area (Å²) in [6.45, 7) is 9.11. The molecule has 1 aliphatic heterocycles. The van der Waals surface area contributed by atoms with Crippen LogP contribution in [0.5, 0.6) is 0 Å². The highest BCUT2D eigenvalue weighted by Crippen LogP contribution is 2.29. The molecule has 1 heterocycles. The first-order valence-electron chi connectivity index (χ1n) is 7.08. The number of rotatable bonds is 3. The maximum absolute atomic E-state index is 12.1. The summed E-state index contributed by atoms with van der Waals surface area (Å²) in [5.74, 6) is 0.0959. The van der Waals surface area contributed by atoms with Crippen LogP contribution in [0.3, 0.4) is 0 Å². The quantitative estimate of drug-likeness (QED) is 0.906. The minimum Gasteiger partial charge on any atom is -0.325 e. The van der Waals surface area contributed by atoms with Gasteiger partial charge in [0.2, 0.25) is 5.91 Å². The summed E-state index contributed by atoms with van der Waals surface area (Å²) in [6.07, 6.45) is 2.43. The van der Waals surface area contributed by atoms with Crippen LogP contribution >= 0.6 is 0 Å². The number of hydrogen-bond acceptors (Lipinski definition) is 2. The number of hydrogen-bond donors (Lipinski definition) is 1. The number of anilines is 1. The highest BCUT2D eigenvalue weighted by molar-refractivity contribution is 5.93. The minimum absolute atomic E-state index is 0.0392. The number of carbonyl (C=O) groups excluding carboxylic acids is 1. The first-order valence-corrected chi connectivity index (χ1v) is 7.08. The number of likely N-dealkylation sites (tertiary alicyclic amines) is 1. The number of carbonyl (C=O) groups is 1. The second kappa shape index (κ2) is 5.74.